The van der Waals surface area contributed by atoms with E-state index < -0.39 is 27.5 Å². The first kappa shape index (κ1) is 27.1. The van der Waals surface area contributed by atoms with Crippen LogP contribution in [0.25, 0.3) is 11.3 Å². The molecular formula is C24H27F3N2O4S. The van der Waals surface area contributed by atoms with E-state index in [2.05, 4.69) is 5.32 Å². The van der Waals surface area contributed by atoms with Gasteiger partial charge in [0, 0.05) is 30.2 Å². The van der Waals surface area contributed by atoms with Crippen molar-refractivity contribution < 1.29 is 31.5 Å². The zero-order valence-corrected chi connectivity index (χ0v) is 20.1. The summed E-state index contributed by atoms with van der Waals surface area (Å²) in [4.78, 5) is 13.0. The van der Waals surface area contributed by atoms with Crippen LogP contribution in [0.5, 0.6) is 0 Å². The van der Waals surface area contributed by atoms with E-state index in [-0.39, 0.29) is 34.9 Å². The monoisotopic (exact) mass is 496 g/mol. The lowest BCUT2D eigenvalue weighted by molar-refractivity contribution is -0.137. The van der Waals surface area contributed by atoms with Gasteiger partial charge in [0.25, 0.3) is 5.91 Å². The number of anilines is 1. The van der Waals surface area contributed by atoms with E-state index in [0.717, 1.165) is 12.3 Å². The van der Waals surface area contributed by atoms with Gasteiger partial charge in [-0.15, -0.1) is 0 Å². The second-order valence-electron chi connectivity index (χ2n) is 7.23. The Kier molecular flexibility index (Phi) is 8.68. The average Bonchev–Trinajstić information content (AvgIpc) is 3.10. The van der Waals surface area contributed by atoms with Crippen molar-refractivity contribution in [3.8, 4) is 11.3 Å². The summed E-state index contributed by atoms with van der Waals surface area (Å²) in [5.74, 6) is -0.572. The molecule has 3 aromatic rings. The summed E-state index contributed by atoms with van der Waals surface area (Å²) in [5.41, 5.74) is 0.0303. The van der Waals surface area contributed by atoms with Gasteiger partial charge in [0.15, 0.2) is 9.84 Å². The van der Waals surface area contributed by atoms with Crippen LogP contribution in [0.3, 0.4) is 0 Å². The molecule has 0 spiro atoms. The maximum absolute atomic E-state index is 13.6. The first-order chi connectivity index (χ1) is 15.9. The fourth-order valence-corrected chi connectivity index (χ4v) is 4.08. The topological polar surface area (TPSA) is 88.4 Å². The van der Waals surface area contributed by atoms with E-state index in [0.29, 0.717) is 11.3 Å². The number of alkyl halides is 3. The largest absolute Gasteiger partial charge is 0.417 e. The fourth-order valence-electron chi connectivity index (χ4n) is 3.45. The van der Waals surface area contributed by atoms with Crippen molar-refractivity contribution in [1.82, 2.24) is 4.57 Å². The number of aliphatic hydroxyl groups is 1. The summed E-state index contributed by atoms with van der Waals surface area (Å²) in [5, 5.41) is 12.0. The minimum absolute atomic E-state index is 0.00129. The molecule has 0 unspecified atom stereocenters. The lowest BCUT2D eigenvalue weighted by Crippen LogP contribution is -2.12. The lowest BCUT2D eigenvalue weighted by Gasteiger charge is -2.15. The van der Waals surface area contributed by atoms with Gasteiger partial charge in [-0.3, -0.25) is 4.79 Å². The Balaban J connectivity index is 0.00000199. The van der Waals surface area contributed by atoms with Crippen LogP contribution in [-0.2, 0) is 22.6 Å². The Bertz CT molecular complexity index is 1250. The Hall–Kier alpha value is -3.11. The fraction of sp³-hybridized carbons (Fsp3) is 0.292. The van der Waals surface area contributed by atoms with Crippen LogP contribution in [-0.4, -0.2) is 36.9 Å². The highest BCUT2D eigenvalue weighted by Gasteiger charge is 2.35. The molecule has 3 rings (SSSR count). The first-order valence-corrected chi connectivity index (χ1v) is 12.4. The number of hydrogen-bond donors (Lipinski definition) is 2. The molecule has 0 saturated carbocycles. The van der Waals surface area contributed by atoms with Crippen LogP contribution in [0.4, 0.5) is 18.9 Å². The lowest BCUT2D eigenvalue weighted by atomic mass is 10.00. The van der Waals surface area contributed by atoms with Gasteiger partial charge in [0.1, 0.15) is 0 Å². The predicted octanol–water partition coefficient (Wildman–Crippen LogP) is 5.16. The Morgan fingerprint density at radius 2 is 1.65 bits per heavy atom. The molecule has 10 heteroatoms. The van der Waals surface area contributed by atoms with E-state index in [4.69, 9.17) is 0 Å². The number of benzene rings is 2. The molecule has 0 aliphatic heterocycles. The number of sulfone groups is 1. The van der Waals surface area contributed by atoms with Gasteiger partial charge in [0.05, 0.1) is 28.3 Å². The molecule has 0 saturated heterocycles. The molecule has 1 heterocycles. The zero-order chi connectivity index (χ0) is 25.7. The summed E-state index contributed by atoms with van der Waals surface area (Å²) in [7, 11) is -3.39. The molecular weight excluding hydrogens is 469 g/mol. The highest BCUT2D eigenvalue weighted by molar-refractivity contribution is 7.90. The van der Waals surface area contributed by atoms with Gasteiger partial charge in [-0.2, -0.15) is 13.2 Å². The minimum atomic E-state index is -4.60. The van der Waals surface area contributed by atoms with Crippen molar-refractivity contribution in [2.45, 2.75) is 38.4 Å². The summed E-state index contributed by atoms with van der Waals surface area (Å²) < 4.78 is 65.3. The van der Waals surface area contributed by atoms with Crippen LogP contribution in [0.2, 0.25) is 0 Å². The van der Waals surface area contributed by atoms with E-state index in [1.807, 2.05) is 13.8 Å². The third kappa shape index (κ3) is 6.06. The number of nitrogens with one attached hydrogen (secondary N) is 1. The molecule has 0 fully saturated rings. The molecule has 184 valence electrons. The third-order valence-electron chi connectivity index (χ3n) is 4.94. The number of nitrogens with zero attached hydrogens (tertiary/aromatic N) is 1. The second kappa shape index (κ2) is 10.9. The van der Waals surface area contributed by atoms with E-state index in [1.54, 1.807) is 0 Å². The third-order valence-corrected chi connectivity index (χ3v) is 6.07. The van der Waals surface area contributed by atoms with E-state index >= 15 is 0 Å². The van der Waals surface area contributed by atoms with Crippen molar-refractivity contribution in [1.29, 1.82) is 0 Å². The number of aliphatic hydroxyl groups excluding tert-OH is 1. The van der Waals surface area contributed by atoms with Crippen molar-refractivity contribution in [3.63, 3.8) is 0 Å². The normalized spacial score (nSPS) is 11.5. The van der Waals surface area contributed by atoms with Crippen molar-refractivity contribution in [2.75, 3.05) is 18.2 Å². The molecule has 1 aromatic heterocycles. The SMILES string of the molecule is CC.Cc1c(C(=O)Nc2ccc(S(C)(=O)=O)cc2)cn(CCO)c1-c1ccccc1C(F)(F)F. The first-order valence-electron chi connectivity index (χ1n) is 10.5. The quantitative estimate of drug-likeness (QED) is 0.494. The Morgan fingerprint density at radius 1 is 1.06 bits per heavy atom. The van der Waals surface area contributed by atoms with Crippen LogP contribution in [0, 0.1) is 6.92 Å². The molecule has 2 N–H and O–H groups in total. The number of halogens is 3. The highest BCUT2D eigenvalue weighted by Crippen LogP contribution is 2.39. The van der Waals surface area contributed by atoms with Crippen LogP contribution in [0.1, 0.15) is 35.3 Å². The average molecular weight is 497 g/mol. The number of hydrogen-bond acceptors (Lipinski definition) is 4. The molecule has 0 radical (unpaired) electrons. The Morgan fingerprint density at radius 3 is 2.18 bits per heavy atom. The van der Waals surface area contributed by atoms with Gasteiger partial charge in [-0.25, -0.2) is 8.42 Å². The minimum Gasteiger partial charge on any atom is -0.395 e. The van der Waals surface area contributed by atoms with Gasteiger partial charge in [-0.05, 0) is 42.8 Å². The predicted molar refractivity (Wildman–Crippen MR) is 126 cm³/mol. The summed E-state index contributed by atoms with van der Waals surface area (Å²) in [6.45, 7) is 5.21. The van der Waals surface area contributed by atoms with Crippen molar-refractivity contribution in [2.24, 2.45) is 0 Å². The van der Waals surface area contributed by atoms with Gasteiger partial charge < -0.3 is 15.0 Å². The second-order valence-corrected chi connectivity index (χ2v) is 9.24. The molecule has 6 nitrogen and oxygen atoms in total. The number of amides is 1. The number of rotatable bonds is 6. The van der Waals surface area contributed by atoms with Crippen LogP contribution in [0.15, 0.2) is 59.6 Å². The number of carbonyl (C=O) groups is 1. The number of carbonyl (C=O) groups excluding carboxylic acids is 1. The maximum atomic E-state index is 13.6. The summed E-state index contributed by atoms with van der Waals surface area (Å²) in [6.07, 6.45) is -2.14. The molecule has 1 amide bonds. The molecule has 34 heavy (non-hydrogen) atoms. The molecule has 0 aliphatic carbocycles. The smallest absolute Gasteiger partial charge is 0.395 e. The van der Waals surface area contributed by atoms with Gasteiger partial charge in [-0.1, -0.05) is 32.0 Å². The van der Waals surface area contributed by atoms with Crippen molar-refractivity contribution >= 4 is 21.4 Å². The zero-order valence-electron chi connectivity index (χ0n) is 19.3. The van der Waals surface area contributed by atoms with E-state index in [9.17, 15) is 31.5 Å². The van der Waals surface area contributed by atoms with Crippen LogP contribution < -0.4 is 5.32 Å². The van der Waals surface area contributed by atoms with Gasteiger partial charge in [0.2, 0.25) is 0 Å². The maximum Gasteiger partial charge on any atom is 0.417 e. The van der Waals surface area contributed by atoms with Crippen molar-refractivity contribution in [3.05, 3.63) is 71.4 Å². The highest BCUT2D eigenvalue weighted by atomic mass is 32.2. The molecule has 0 bridgehead atoms. The standard InChI is InChI=1S/C22H21F3N2O4S.C2H6/c1-14-18(21(29)26-15-7-9-16(10-8-15)32(2,30)31)13-27(11-12-28)20(14)17-5-3-4-6-19(17)22(23,24)25;1-2/h3-10,13,28H,11-12H2,1-2H3,(H,26,29);1-2H3. The Labute approximate surface area is 197 Å². The van der Waals surface area contributed by atoms with Crippen LogP contribution >= 0.6 is 0 Å². The summed E-state index contributed by atoms with van der Waals surface area (Å²) >= 11 is 0. The molecule has 2 aromatic carbocycles. The van der Waals surface area contributed by atoms with Gasteiger partial charge >= 0.3 is 6.18 Å². The molecule has 0 aliphatic rings. The molecule has 0 atom stereocenters. The van der Waals surface area contributed by atoms with E-state index in [1.165, 1.54) is 60.2 Å². The summed E-state index contributed by atoms with van der Waals surface area (Å²) in [6, 6.07) is 10.6. The number of aromatic nitrogens is 1.